The van der Waals surface area contributed by atoms with E-state index in [1.54, 1.807) is 0 Å². The number of allylic oxidation sites excluding steroid dienone is 3. The summed E-state index contributed by atoms with van der Waals surface area (Å²) in [5.74, 6) is -0.472. The zero-order chi connectivity index (χ0) is 34.7. The molecule has 0 spiro atoms. The molecule has 0 unspecified atom stereocenters. The number of methoxy groups -OCH3 is 1. The lowest BCUT2D eigenvalue weighted by Gasteiger charge is -2.15. The summed E-state index contributed by atoms with van der Waals surface area (Å²) in [6.45, 7) is 0. The highest BCUT2D eigenvalue weighted by Crippen LogP contribution is 2.38. The molecule has 0 bridgehead atoms. The maximum Gasteiger partial charge on any atom is 0.228 e. The molecule has 1 aliphatic rings. The van der Waals surface area contributed by atoms with Gasteiger partial charge in [0.05, 0.1) is 7.11 Å². The fourth-order valence-electron chi connectivity index (χ4n) is 8.44. The second-order valence-electron chi connectivity index (χ2n) is 14.1. The summed E-state index contributed by atoms with van der Waals surface area (Å²) in [6, 6.07) is 50.9. The van der Waals surface area contributed by atoms with Gasteiger partial charge in [-0.15, -0.1) is 0 Å². The van der Waals surface area contributed by atoms with Crippen molar-refractivity contribution >= 4 is 114 Å². The molecular formula is C49H28O3. The van der Waals surface area contributed by atoms with Gasteiger partial charge in [-0.25, -0.2) is 0 Å². The maximum absolute atomic E-state index is 13.2. The van der Waals surface area contributed by atoms with Crippen molar-refractivity contribution in [3.63, 3.8) is 0 Å². The van der Waals surface area contributed by atoms with Crippen LogP contribution >= 0.6 is 0 Å². The molecule has 242 valence electrons. The highest BCUT2D eigenvalue weighted by Gasteiger charge is 2.25. The van der Waals surface area contributed by atoms with E-state index in [4.69, 9.17) is 4.74 Å². The molecule has 0 heterocycles. The molecule has 0 amide bonds. The fourth-order valence-corrected chi connectivity index (χ4v) is 8.44. The van der Waals surface area contributed by atoms with E-state index in [2.05, 4.69) is 127 Å². The number of Topliss-reactive ketones (excluding diaryl/α,β-unsaturated/α-hetero) is 1. The molecule has 0 aromatic heterocycles. The third-order valence-electron chi connectivity index (χ3n) is 11.0. The molecule has 0 saturated heterocycles. The van der Waals surface area contributed by atoms with Gasteiger partial charge in [-0.3, -0.25) is 9.59 Å². The number of ether oxygens (including phenoxy) is 1. The predicted molar refractivity (Wildman–Crippen MR) is 217 cm³/mol. The molecule has 11 rings (SSSR count). The number of rotatable bonds is 2. The van der Waals surface area contributed by atoms with Crippen molar-refractivity contribution in [3.05, 3.63) is 163 Å². The molecule has 0 N–H and O–H groups in total. The van der Waals surface area contributed by atoms with Crippen LogP contribution in [0.1, 0.15) is 5.56 Å². The van der Waals surface area contributed by atoms with Gasteiger partial charge in [0.2, 0.25) is 5.78 Å². The number of fused-ring (bicyclic) bond motifs is 10. The topological polar surface area (TPSA) is 43.4 Å². The van der Waals surface area contributed by atoms with Crippen LogP contribution < -0.4 is 0 Å². The average Bonchev–Trinajstić information content (AvgIpc) is 3.16. The Balaban J connectivity index is 1.09. The van der Waals surface area contributed by atoms with Crippen LogP contribution in [0.3, 0.4) is 0 Å². The van der Waals surface area contributed by atoms with Crippen molar-refractivity contribution < 1.29 is 14.3 Å². The number of hydrogen-bond acceptors (Lipinski definition) is 3. The Labute approximate surface area is 297 Å². The number of ketones is 2. The van der Waals surface area contributed by atoms with Crippen LogP contribution in [-0.4, -0.2) is 18.7 Å². The van der Waals surface area contributed by atoms with Crippen LogP contribution in [0.5, 0.6) is 0 Å². The minimum Gasteiger partial charge on any atom is -0.492 e. The van der Waals surface area contributed by atoms with Crippen molar-refractivity contribution in [3.8, 4) is 0 Å². The van der Waals surface area contributed by atoms with E-state index in [-0.39, 0.29) is 17.3 Å². The van der Waals surface area contributed by atoms with Crippen LogP contribution in [0.25, 0.3) is 103 Å². The Hall–Kier alpha value is -6.84. The lowest BCUT2D eigenvalue weighted by Crippen LogP contribution is -2.14. The summed E-state index contributed by atoms with van der Waals surface area (Å²) in [4.78, 5) is 25.7. The Kier molecular flexibility index (Phi) is 5.89. The minimum absolute atomic E-state index is 0.0635. The Bertz CT molecular complexity index is 3360. The summed E-state index contributed by atoms with van der Waals surface area (Å²) in [6.07, 6.45) is 2.67. The summed E-state index contributed by atoms with van der Waals surface area (Å²) in [7, 11) is 1.42. The highest BCUT2D eigenvalue weighted by atomic mass is 16.5. The molecule has 1 aliphatic carbocycles. The maximum atomic E-state index is 13.2. The predicted octanol–water partition coefficient (Wildman–Crippen LogP) is 12.1. The van der Waals surface area contributed by atoms with Gasteiger partial charge in [0.25, 0.3) is 0 Å². The molecule has 3 nitrogen and oxygen atoms in total. The molecular weight excluding hydrogens is 637 g/mol. The molecule has 0 aliphatic heterocycles. The van der Waals surface area contributed by atoms with Crippen molar-refractivity contribution in [1.82, 2.24) is 0 Å². The van der Waals surface area contributed by atoms with Gasteiger partial charge < -0.3 is 4.74 Å². The average molecular weight is 665 g/mol. The van der Waals surface area contributed by atoms with E-state index in [0.717, 1.165) is 32.5 Å². The van der Waals surface area contributed by atoms with Crippen LogP contribution in [0, 0.1) is 0 Å². The van der Waals surface area contributed by atoms with Gasteiger partial charge >= 0.3 is 0 Å². The molecule has 0 fully saturated rings. The summed E-state index contributed by atoms with van der Waals surface area (Å²) in [5.41, 5.74) is 1.08. The molecule has 3 heteroatoms. The smallest absolute Gasteiger partial charge is 0.228 e. The van der Waals surface area contributed by atoms with E-state index in [9.17, 15) is 9.59 Å². The van der Waals surface area contributed by atoms with Crippen molar-refractivity contribution in [2.75, 3.05) is 7.11 Å². The Morgan fingerprint density at radius 2 is 0.750 bits per heavy atom. The van der Waals surface area contributed by atoms with Crippen molar-refractivity contribution in [2.24, 2.45) is 0 Å². The highest BCUT2D eigenvalue weighted by molar-refractivity contribution is 6.37. The SMILES string of the molecule is COC1=CC(=O)C=C(c2cccc3cc4cc5cc6ccc7cc8cc9cc%10cc%11ccccc%11cc%10cc9cc8cc7c6cc5cc4cc23)C1=O. The van der Waals surface area contributed by atoms with Crippen molar-refractivity contribution in [2.45, 2.75) is 0 Å². The third kappa shape index (κ3) is 4.33. The number of carbonyl (C=O) groups is 2. The first kappa shape index (κ1) is 28.9. The number of hydrogen-bond donors (Lipinski definition) is 0. The first-order valence-electron chi connectivity index (χ1n) is 17.5. The van der Waals surface area contributed by atoms with Crippen LogP contribution in [0.4, 0.5) is 0 Å². The van der Waals surface area contributed by atoms with Crippen LogP contribution in [0.15, 0.2) is 157 Å². The van der Waals surface area contributed by atoms with E-state index < -0.39 is 0 Å². The second-order valence-corrected chi connectivity index (χ2v) is 14.1. The summed E-state index contributed by atoms with van der Waals surface area (Å²) >= 11 is 0. The zero-order valence-corrected chi connectivity index (χ0v) is 28.2. The normalized spacial score (nSPS) is 13.8. The largest absolute Gasteiger partial charge is 0.492 e. The van der Waals surface area contributed by atoms with E-state index in [1.165, 1.54) is 89.3 Å². The van der Waals surface area contributed by atoms with Crippen LogP contribution in [-0.2, 0) is 14.3 Å². The monoisotopic (exact) mass is 664 g/mol. The van der Waals surface area contributed by atoms with E-state index in [1.807, 2.05) is 12.1 Å². The van der Waals surface area contributed by atoms with Gasteiger partial charge in [-0.1, -0.05) is 54.6 Å². The fraction of sp³-hybridized carbons (Fsp3) is 0.0204. The number of carbonyl (C=O) groups excluding carboxylic acids is 2. The quantitative estimate of drug-likeness (QED) is 0.105. The van der Waals surface area contributed by atoms with E-state index >= 15 is 0 Å². The summed E-state index contributed by atoms with van der Waals surface area (Å²) in [5, 5.41) is 21.3. The second kappa shape index (κ2) is 10.6. The summed E-state index contributed by atoms with van der Waals surface area (Å²) < 4.78 is 5.24. The standard InChI is InChI=1S/C49H28O3/c1-52-48-26-42(50)25-47(49(48)51)43-8-4-7-29-13-34-18-35-14-30-9-10-31-15-36-19-37-16-32-11-27-5-2-3-6-28(27)12-33(32)17-38(37)20-39(36)23-45(31)46(30)24-41(35)21-40(34)22-44(29)43/h2-26H,1H3. The lowest BCUT2D eigenvalue weighted by molar-refractivity contribution is -0.116. The van der Waals surface area contributed by atoms with Crippen LogP contribution in [0.2, 0.25) is 0 Å². The van der Waals surface area contributed by atoms with Gasteiger partial charge in [0.15, 0.2) is 11.5 Å². The van der Waals surface area contributed by atoms with E-state index in [0.29, 0.717) is 5.57 Å². The molecule has 52 heavy (non-hydrogen) atoms. The van der Waals surface area contributed by atoms with Gasteiger partial charge in [0, 0.05) is 11.6 Å². The minimum atomic E-state index is -0.283. The molecule has 10 aromatic rings. The number of benzene rings is 10. The zero-order valence-electron chi connectivity index (χ0n) is 28.2. The Morgan fingerprint density at radius 3 is 1.23 bits per heavy atom. The molecule has 0 atom stereocenters. The first-order valence-corrected chi connectivity index (χ1v) is 17.5. The third-order valence-corrected chi connectivity index (χ3v) is 11.0. The van der Waals surface area contributed by atoms with Gasteiger partial charge in [-0.05, 0) is 194 Å². The lowest BCUT2D eigenvalue weighted by atomic mass is 9.89. The molecule has 0 radical (unpaired) electrons. The van der Waals surface area contributed by atoms with Gasteiger partial charge in [0.1, 0.15) is 0 Å². The first-order chi connectivity index (χ1) is 25.5. The molecule has 0 saturated carbocycles. The molecule has 10 aromatic carbocycles. The van der Waals surface area contributed by atoms with Crippen molar-refractivity contribution in [1.29, 1.82) is 0 Å². The Morgan fingerprint density at radius 1 is 0.365 bits per heavy atom. The van der Waals surface area contributed by atoms with Gasteiger partial charge in [-0.2, -0.15) is 0 Å².